The maximum atomic E-state index is 12.7. The smallest absolute Gasteiger partial charge is 0.257 e. The number of nitrogens with zero attached hydrogens (tertiary/aromatic N) is 3. The Hall–Kier alpha value is -1.63. The summed E-state index contributed by atoms with van der Waals surface area (Å²) in [5, 5.41) is 3.23. The minimum Gasteiger partial charge on any atom is -0.496 e. The Balaban J connectivity index is 0.00000208. The summed E-state index contributed by atoms with van der Waals surface area (Å²) in [6, 6.07) is 7.40. The summed E-state index contributed by atoms with van der Waals surface area (Å²) in [7, 11) is 1.60. The minimum absolute atomic E-state index is 0. The topological polar surface area (TPSA) is 45.7 Å². The summed E-state index contributed by atoms with van der Waals surface area (Å²) >= 11 is 1.70. The van der Waals surface area contributed by atoms with E-state index in [0.29, 0.717) is 11.3 Å². The van der Waals surface area contributed by atoms with Crippen LogP contribution in [0.2, 0.25) is 0 Å². The molecule has 1 amide bonds. The highest BCUT2D eigenvalue weighted by molar-refractivity contribution is 7.09. The maximum absolute atomic E-state index is 12.7. The molecule has 1 aliphatic heterocycles. The number of methoxy groups -OCH3 is 1. The first kappa shape index (κ1) is 18.7. The molecule has 3 rings (SSSR count). The third kappa shape index (κ3) is 4.26. The lowest BCUT2D eigenvalue weighted by Crippen LogP contribution is -2.48. The van der Waals surface area contributed by atoms with Gasteiger partial charge in [0.05, 0.1) is 19.2 Å². The van der Waals surface area contributed by atoms with Gasteiger partial charge in [0, 0.05) is 37.3 Å². The van der Waals surface area contributed by atoms with Crippen molar-refractivity contribution in [3.05, 3.63) is 45.9 Å². The number of aromatic nitrogens is 1. The highest BCUT2D eigenvalue weighted by Gasteiger charge is 2.24. The first-order valence-electron chi connectivity index (χ1n) is 7.73. The van der Waals surface area contributed by atoms with E-state index in [-0.39, 0.29) is 18.3 Å². The van der Waals surface area contributed by atoms with Crippen LogP contribution >= 0.6 is 23.7 Å². The molecule has 7 heteroatoms. The number of rotatable bonds is 4. The predicted molar refractivity (Wildman–Crippen MR) is 98.3 cm³/mol. The average Bonchev–Trinajstić information content (AvgIpc) is 3.00. The molecule has 1 fully saturated rings. The zero-order valence-electron chi connectivity index (χ0n) is 13.9. The van der Waals surface area contributed by atoms with Gasteiger partial charge in [-0.05, 0) is 19.1 Å². The van der Waals surface area contributed by atoms with Gasteiger partial charge in [0.1, 0.15) is 10.8 Å². The van der Waals surface area contributed by atoms with Gasteiger partial charge in [0.25, 0.3) is 5.91 Å². The van der Waals surface area contributed by atoms with Crippen molar-refractivity contribution in [3.63, 3.8) is 0 Å². The average molecular weight is 368 g/mol. The van der Waals surface area contributed by atoms with Gasteiger partial charge in [0.15, 0.2) is 0 Å². The lowest BCUT2D eigenvalue weighted by Gasteiger charge is -2.34. The van der Waals surface area contributed by atoms with Crippen LogP contribution in [0.5, 0.6) is 5.75 Å². The number of para-hydroxylation sites is 1. The fourth-order valence-corrected chi connectivity index (χ4v) is 3.58. The number of ether oxygens (including phenoxy) is 1. The Morgan fingerprint density at radius 2 is 1.96 bits per heavy atom. The van der Waals surface area contributed by atoms with Crippen LogP contribution in [0.1, 0.15) is 21.1 Å². The number of benzene rings is 1. The second-order valence-electron chi connectivity index (χ2n) is 5.65. The Labute approximate surface area is 152 Å². The molecule has 1 aromatic carbocycles. The fourth-order valence-electron chi connectivity index (χ4n) is 2.77. The Morgan fingerprint density at radius 1 is 1.25 bits per heavy atom. The normalized spacial score (nSPS) is 15.0. The summed E-state index contributed by atoms with van der Waals surface area (Å²) in [5.41, 5.74) is 1.72. The van der Waals surface area contributed by atoms with Crippen molar-refractivity contribution in [1.82, 2.24) is 14.8 Å². The number of piperazine rings is 1. The molecule has 1 aliphatic rings. The standard InChI is InChI=1S/C17H21N3O2S.ClH/c1-13-12-23-16(18-13)11-19-7-9-20(10-8-19)17(21)14-5-3-4-6-15(14)22-2;/h3-6,12H,7-11H2,1-2H3;1H. The van der Waals surface area contributed by atoms with Crippen LogP contribution in [0, 0.1) is 6.92 Å². The second kappa shape index (κ2) is 8.46. The van der Waals surface area contributed by atoms with Crippen LogP contribution in [-0.2, 0) is 6.54 Å². The lowest BCUT2D eigenvalue weighted by molar-refractivity contribution is 0.0625. The molecular weight excluding hydrogens is 346 g/mol. The van der Waals surface area contributed by atoms with Gasteiger partial charge in [0.2, 0.25) is 0 Å². The quantitative estimate of drug-likeness (QED) is 0.833. The van der Waals surface area contributed by atoms with Gasteiger partial charge in [-0.25, -0.2) is 4.98 Å². The van der Waals surface area contributed by atoms with Gasteiger partial charge in [-0.2, -0.15) is 0 Å². The van der Waals surface area contributed by atoms with Crippen molar-refractivity contribution in [1.29, 1.82) is 0 Å². The molecule has 130 valence electrons. The summed E-state index contributed by atoms with van der Waals surface area (Å²) in [4.78, 5) is 21.4. The third-order valence-corrected chi connectivity index (χ3v) is 4.97. The number of hydrogen-bond acceptors (Lipinski definition) is 5. The van der Waals surface area contributed by atoms with Crippen molar-refractivity contribution >= 4 is 29.7 Å². The molecule has 0 unspecified atom stereocenters. The van der Waals surface area contributed by atoms with Crippen LogP contribution in [-0.4, -0.2) is 54.0 Å². The number of hydrogen-bond donors (Lipinski definition) is 0. The van der Waals surface area contributed by atoms with Crippen LogP contribution in [0.15, 0.2) is 29.6 Å². The van der Waals surface area contributed by atoms with E-state index in [1.807, 2.05) is 36.1 Å². The molecule has 0 bridgehead atoms. The van der Waals surface area contributed by atoms with Gasteiger partial charge in [-0.1, -0.05) is 12.1 Å². The molecule has 0 radical (unpaired) electrons. The van der Waals surface area contributed by atoms with Crippen LogP contribution in [0.25, 0.3) is 0 Å². The zero-order valence-corrected chi connectivity index (χ0v) is 15.5. The molecule has 0 N–H and O–H groups in total. The van der Waals surface area contributed by atoms with E-state index in [1.54, 1.807) is 18.4 Å². The predicted octanol–water partition coefficient (Wildman–Crippen LogP) is 2.84. The summed E-state index contributed by atoms with van der Waals surface area (Å²) < 4.78 is 5.29. The highest BCUT2D eigenvalue weighted by Crippen LogP contribution is 2.20. The first-order valence-corrected chi connectivity index (χ1v) is 8.61. The van der Waals surface area contributed by atoms with Gasteiger partial charge in [-0.15, -0.1) is 23.7 Å². The third-order valence-electron chi connectivity index (χ3n) is 4.02. The molecule has 0 aliphatic carbocycles. The van der Waals surface area contributed by atoms with Crippen molar-refractivity contribution in [2.75, 3.05) is 33.3 Å². The molecule has 1 saturated heterocycles. The molecule has 1 aromatic heterocycles. The Bertz CT molecular complexity index is 684. The minimum atomic E-state index is 0. The molecule has 0 atom stereocenters. The molecule has 24 heavy (non-hydrogen) atoms. The number of halogens is 1. The Morgan fingerprint density at radius 3 is 2.58 bits per heavy atom. The molecule has 5 nitrogen and oxygen atoms in total. The Kier molecular flexibility index (Phi) is 6.60. The van der Waals surface area contributed by atoms with E-state index >= 15 is 0 Å². The second-order valence-corrected chi connectivity index (χ2v) is 6.59. The van der Waals surface area contributed by atoms with Gasteiger partial charge in [-0.3, -0.25) is 9.69 Å². The van der Waals surface area contributed by atoms with Crippen LogP contribution in [0.4, 0.5) is 0 Å². The summed E-state index contributed by atoms with van der Waals surface area (Å²) in [6.07, 6.45) is 0. The van der Waals surface area contributed by atoms with E-state index < -0.39 is 0 Å². The van der Waals surface area contributed by atoms with E-state index in [4.69, 9.17) is 4.74 Å². The van der Waals surface area contributed by atoms with Crippen molar-refractivity contribution in [3.8, 4) is 5.75 Å². The summed E-state index contributed by atoms with van der Waals surface area (Å²) in [5.74, 6) is 0.686. The lowest BCUT2D eigenvalue weighted by atomic mass is 10.1. The van der Waals surface area contributed by atoms with E-state index in [0.717, 1.165) is 43.4 Å². The van der Waals surface area contributed by atoms with Gasteiger partial charge < -0.3 is 9.64 Å². The monoisotopic (exact) mass is 367 g/mol. The zero-order chi connectivity index (χ0) is 16.2. The van der Waals surface area contributed by atoms with Gasteiger partial charge >= 0.3 is 0 Å². The fraction of sp³-hybridized carbons (Fsp3) is 0.412. The number of carbonyl (C=O) groups excluding carboxylic acids is 1. The number of aryl methyl sites for hydroxylation is 1. The number of thiazole rings is 1. The molecule has 2 aromatic rings. The highest BCUT2D eigenvalue weighted by atomic mass is 35.5. The van der Waals surface area contributed by atoms with Crippen LogP contribution < -0.4 is 4.74 Å². The molecule has 0 saturated carbocycles. The summed E-state index contributed by atoms with van der Waals surface area (Å²) in [6.45, 7) is 6.11. The first-order chi connectivity index (χ1) is 11.2. The van der Waals surface area contributed by atoms with Crippen molar-refractivity contribution < 1.29 is 9.53 Å². The molecule has 2 heterocycles. The van der Waals surface area contributed by atoms with E-state index in [1.165, 1.54) is 0 Å². The molecular formula is C17H22ClN3O2S. The van der Waals surface area contributed by atoms with Crippen molar-refractivity contribution in [2.24, 2.45) is 0 Å². The van der Waals surface area contributed by atoms with E-state index in [9.17, 15) is 4.79 Å². The SMILES string of the molecule is COc1ccccc1C(=O)N1CCN(Cc2nc(C)cs2)CC1.Cl. The molecule has 0 spiro atoms. The number of carbonyl (C=O) groups is 1. The largest absolute Gasteiger partial charge is 0.496 e. The van der Waals surface area contributed by atoms with Crippen LogP contribution in [0.3, 0.4) is 0 Å². The van der Waals surface area contributed by atoms with Crippen molar-refractivity contribution in [2.45, 2.75) is 13.5 Å². The number of amides is 1. The van der Waals surface area contributed by atoms with E-state index in [2.05, 4.69) is 15.3 Å². The maximum Gasteiger partial charge on any atom is 0.257 e.